The first-order chi connectivity index (χ1) is 8.16. The Labute approximate surface area is 107 Å². The van der Waals surface area contributed by atoms with Crippen LogP contribution in [0.4, 0.5) is 0 Å². The molecule has 2 heteroatoms. The molecular weight excluding hydrogens is 208 g/mol. The molecule has 2 heterocycles. The van der Waals surface area contributed by atoms with Crippen molar-refractivity contribution in [3.8, 4) is 0 Å². The number of nitrogens with zero attached hydrogens (tertiary/aromatic N) is 1. The summed E-state index contributed by atoms with van der Waals surface area (Å²) in [5.74, 6) is 0.865. The lowest BCUT2D eigenvalue weighted by Crippen LogP contribution is -2.55. The molecule has 0 aromatic rings. The average Bonchev–Trinajstić information content (AvgIpc) is 2.24. The zero-order valence-corrected chi connectivity index (χ0v) is 11.7. The van der Waals surface area contributed by atoms with Crippen LogP contribution in [0.1, 0.15) is 65.2 Å². The Morgan fingerprint density at radius 1 is 1.12 bits per heavy atom. The number of piperidine rings is 2. The first-order valence-corrected chi connectivity index (χ1v) is 7.68. The quantitative estimate of drug-likeness (QED) is 0.746. The van der Waals surface area contributed by atoms with Crippen LogP contribution in [0.3, 0.4) is 0 Å². The minimum Gasteiger partial charge on any atom is -0.328 e. The van der Waals surface area contributed by atoms with Crippen molar-refractivity contribution in [3.05, 3.63) is 0 Å². The van der Waals surface area contributed by atoms with Gasteiger partial charge < -0.3 is 5.73 Å². The van der Waals surface area contributed by atoms with Gasteiger partial charge in [-0.15, -0.1) is 0 Å². The molecular formula is C15H30N2. The number of hydrogen-bond donors (Lipinski definition) is 1. The minimum absolute atomic E-state index is 0.484. The maximum absolute atomic E-state index is 6.16. The van der Waals surface area contributed by atoms with Gasteiger partial charge in [0.05, 0.1) is 0 Å². The summed E-state index contributed by atoms with van der Waals surface area (Å²) in [5, 5.41) is 0. The maximum atomic E-state index is 6.16. The fourth-order valence-corrected chi connectivity index (χ4v) is 3.73. The highest BCUT2D eigenvalue weighted by molar-refractivity contribution is 4.93. The average molecular weight is 238 g/mol. The molecule has 2 aliphatic rings. The monoisotopic (exact) mass is 238 g/mol. The Morgan fingerprint density at radius 2 is 1.76 bits per heavy atom. The largest absolute Gasteiger partial charge is 0.328 e. The van der Waals surface area contributed by atoms with Gasteiger partial charge in [0.2, 0.25) is 0 Å². The predicted molar refractivity (Wildman–Crippen MR) is 74.0 cm³/mol. The first-order valence-electron chi connectivity index (χ1n) is 7.68. The third kappa shape index (κ3) is 3.69. The molecule has 2 saturated heterocycles. The van der Waals surface area contributed by atoms with E-state index in [4.69, 9.17) is 5.73 Å². The Morgan fingerprint density at radius 3 is 2.35 bits per heavy atom. The van der Waals surface area contributed by atoms with Gasteiger partial charge in [-0.1, -0.05) is 33.1 Å². The third-order valence-electron chi connectivity index (χ3n) is 4.61. The van der Waals surface area contributed by atoms with Crippen LogP contribution in [0.15, 0.2) is 0 Å². The van der Waals surface area contributed by atoms with E-state index >= 15 is 0 Å². The van der Waals surface area contributed by atoms with E-state index in [1.807, 2.05) is 0 Å². The lowest BCUT2D eigenvalue weighted by molar-refractivity contribution is 0.0301. The molecule has 2 aliphatic heterocycles. The van der Waals surface area contributed by atoms with Crippen LogP contribution in [0.5, 0.6) is 0 Å². The van der Waals surface area contributed by atoms with E-state index in [0.717, 1.165) is 18.0 Å². The first kappa shape index (κ1) is 13.4. The molecule has 0 amide bonds. The van der Waals surface area contributed by atoms with E-state index < -0.39 is 0 Å². The van der Waals surface area contributed by atoms with Crippen molar-refractivity contribution in [1.82, 2.24) is 4.90 Å². The second kappa shape index (κ2) is 6.19. The molecule has 17 heavy (non-hydrogen) atoms. The predicted octanol–water partition coefficient (Wildman–Crippen LogP) is 3.16. The number of fused-ring (bicyclic) bond motifs is 2. The molecule has 2 fully saturated rings. The normalized spacial score (nSPS) is 34.2. The molecule has 0 saturated carbocycles. The van der Waals surface area contributed by atoms with Gasteiger partial charge in [0.1, 0.15) is 0 Å². The summed E-state index contributed by atoms with van der Waals surface area (Å²) in [7, 11) is 0. The molecule has 0 aromatic carbocycles. The van der Waals surface area contributed by atoms with Gasteiger partial charge in [-0.3, -0.25) is 4.90 Å². The highest BCUT2D eigenvalue weighted by Gasteiger charge is 2.36. The van der Waals surface area contributed by atoms with Crippen LogP contribution in [0.2, 0.25) is 0 Å². The Hall–Kier alpha value is -0.0800. The topological polar surface area (TPSA) is 29.3 Å². The second-order valence-corrected chi connectivity index (χ2v) is 6.60. The molecule has 2 N–H and O–H groups in total. The zero-order valence-electron chi connectivity index (χ0n) is 11.7. The number of nitrogens with two attached hydrogens (primary N) is 1. The number of unbranched alkanes of at least 4 members (excludes halogenated alkanes) is 1. The molecule has 100 valence electrons. The van der Waals surface area contributed by atoms with Crippen LogP contribution in [-0.2, 0) is 0 Å². The summed E-state index contributed by atoms with van der Waals surface area (Å²) in [6.07, 6.45) is 10.9. The van der Waals surface area contributed by atoms with Crippen LogP contribution < -0.4 is 5.73 Å². The summed E-state index contributed by atoms with van der Waals surface area (Å²) >= 11 is 0. The van der Waals surface area contributed by atoms with Crippen molar-refractivity contribution in [3.63, 3.8) is 0 Å². The summed E-state index contributed by atoms with van der Waals surface area (Å²) in [6, 6.07) is 2.12. The lowest BCUT2D eigenvalue weighted by Gasteiger charge is -2.48. The molecule has 2 rings (SSSR count). The van der Waals surface area contributed by atoms with Crippen LogP contribution in [0, 0.1) is 5.92 Å². The highest BCUT2D eigenvalue weighted by Crippen LogP contribution is 2.33. The van der Waals surface area contributed by atoms with Gasteiger partial charge in [-0.25, -0.2) is 0 Å². The highest BCUT2D eigenvalue weighted by atomic mass is 15.2. The molecule has 0 aliphatic carbocycles. The SMILES string of the molecule is CC(C)CCCCN1C2CCCC1CC(N)C2. The summed E-state index contributed by atoms with van der Waals surface area (Å²) < 4.78 is 0. The summed E-state index contributed by atoms with van der Waals surface area (Å²) in [4.78, 5) is 2.80. The summed E-state index contributed by atoms with van der Waals surface area (Å²) in [5.41, 5.74) is 6.16. The fraction of sp³-hybridized carbons (Fsp3) is 1.00. The Bertz CT molecular complexity index is 213. The second-order valence-electron chi connectivity index (χ2n) is 6.60. The van der Waals surface area contributed by atoms with Gasteiger partial charge >= 0.3 is 0 Å². The van der Waals surface area contributed by atoms with Crippen molar-refractivity contribution in [2.75, 3.05) is 6.54 Å². The molecule has 2 atom stereocenters. The molecule has 0 radical (unpaired) electrons. The van der Waals surface area contributed by atoms with Gasteiger partial charge in [0, 0.05) is 18.1 Å². The van der Waals surface area contributed by atoms with Gasteiger partial charge in [0.25, 0.3) is 0 Å². The van der Waals surface area contributed by atoms with Crippen LogP contribution in [-0.4, -0.2) is 29.6 Å². The Kier molecular flexibility index (Phi) is 4.87. The third-order valence-corrected chi connectivity index (χ3v) is 4.61. The van der Waals surface area contributed by atoms with Crippen LogP contribution in [0.25, 0.3) is 0 Å². The van der Waals surface area contributed by atoms with Crippen molar-refractivity contribution in [2.45, 2.75) is 83.3 Å². The Balaban J connectivity index is 1.75. The van der Waals surface area contributed by atoms with Gasteiger partial charge in [-0.2, -0.15) is 0 Å². The fourth-order valence-electron chi connectivity index (χ4n) is 3.73. The number of rotatable bonds is 5. The van der Waals surface area contributed by atoms with E-state index in [9.17, 15) is 0 Å². The smallest absolute Gasteiger partial charge is 0.0113 e. The zero-order chi connectivity index (χ0) is 12.3. The molecule has 2 nitrogen and oxygen atoms in total. The molecule has 0 spiro atoms. The van der Waals surface area contributed by atoms with Gasteiger partial charge in [-0.05, 0) is 44.6 Å². The summed E-state index contributed by atoms with van der Waals surface area (Å²) in [6.45, 7) is 5.98. The van der Waals surface area contributed by atoms with Crippen molar-refractivity contribution >= 4 is 0 Å². The number of hydrogen-bond acceptors (Lipinski definition) is 2. The van der Waals surface area contributed by atoms with Gasteiger partial charge in [0.15, 0.2) is 0 Å². The van der Waals surface area contributed by atoms with E-state index in [2.05, 4.69) is 18.7 Å². The van der Waals surface area contributed by atoms with Crippen molar-refractivity contribution < 1.29 is 0 Å². The van der Waals surface area contributed by atoms with Crippen LogP contribution >= 0.6 is 0 Å². The molecule has 2 unspecified atom stereocenters. The van der Waals surface area contributed by atoms with Crippen molar-refractivity contribution in [2.24, 2.45) is 11.7 Å². The standard InChI is InChI=1S/C15H30N2/c1-12(2)6-3-4-9-17-14-7-5-8-15(17)11-13(16)10-14/h12-15H,3-11,16H2,1-2H3. The van der Waals surface area contributed by atoms with E-state index in [1.165, 1.54) is 57.9 Å². The van der Waals surface area contributed by atoms with E-state index in [0.29, 0.717) is 6.04 Å². The van der Waals surface area contributed by atoms with E-state index in [-0.39, 0.29) is 0 Å². The lowest BCUT2D eigenvalue weighted by atomic mass is 9.82. The molecule has 2 bridgehead atoms. The van der Waals surface area contributed by atoms with E-state index in [1.54, 1.807) is 0 Å². The van der Waals surface area contributed by atoms with Crippen molar-refractivity contribution in [1.29, 1.82) is 0 Å². The minimum atomic E-state index is 0.484. The molecule has 0 aromatic heterocycles. The maximum Gasteiger partial charge on any atom is 0.0113 e.